The molecule has 1 N–H and O–H groups in total. The summed E-state index contributed by atoms with van der Waals surface area (Å²) in [5, 5.41) is 3.78. The normalized spacial score (nSPS) is 10.8. The summed E-state index contributed by atoms with van der Waals surface area (Å²) in [6.45, 7) is 0. The fourth-order valence-electron chi connectivity index (χ4n) is 1.50. The van der Waals surface area contributed by atoms with Crippen LogP contribution in [0.3, 0.4) is 0 Å². The van der Waals surface area contributed by atoms with E-state index >= 15 is 0 Å². The molecule has 6 heteroatoms. The molecule has 2 aromatic rings. The predicted octanol–water partition coefficient (Wildman–Crippen LogP) is 3.38. The Morgan fingerprint density at radius 2 is 1.75 bits per heavy atom. The molecular formula is C14H9ClF2N2O. The van der Waals surface area contributed by atoms with Crippen LogP contribution in [0.4, 0.5) is 8.78 Å². The van der Waals surface area contributed by atoms with Crippen LogP contribution in [-0.2, 0) is 0 Å². The molecule has 0 saturated heterocycles. The van der Waals surface area contributed by atoms with Crippen molar-refractivity contribution in [1.82, 2.24) is 5.43 Å². The van der Waals surface area contributed by atoms with Crippen LogP contribution in [-0.4, -0.2) is 12.1 Å². The minimum atomic E-state index is -0.763. The van der Waals surface area contributed by atoms with Crippen molar-refractivity contribution < 1.29 is 13.6 Å². The zero-order valence-corrected chi connectivity index (χ0v) is 10.9. The molecule has 0 atom stereocenters. The van der Waals surface area contributed by atoms with Crippen LogP contribution in [0.1, 0.15) is 15.9 Å². The Hall–Kier alpha value is -2.27. The third-order valence-electron chi connectivity index (χ3n) is 2.48. The van der Waals surface area contributed by atoms with Gasteiger partial charge in [-0.15, -0.1) is 0 Å². The molecule has 0 saturated carbocycles. The van der Waals surface area contributed by atoms with E-state index in [-0.39, 0.29) is 16.1 Å². The topological polar surface area (TPSA) is 41.5 Å². The fourth-order valence-corrected chi connectivity index (χ4v) is 1.72. The summed E-state index contributed by atoms with van der Waals surface area (Å²) >= 11 is 5.83. The number of nitrogens with zero attached hydrogens (tertiary/aromatic N) is 1. The summed E-state index contributed by atoms with van der Waals surface area (Å²) in [6, 6.07) is 9.82. The number of rotatable bonds is 3. The number of hydrazone groups is 1. The van der Waals surface area contributed by atoms with Crippen molar-refractivity contribution in [3.63, 3.8) is 0 Å². The molecule has 20 heavy (non-hydrogen) atoms. The predicted molar refractivity (Wildman–Crippen MR) is 72.9 cm³/mol. The molecule has 0 fully saturated rings. The first kappa shape index (κ1) is 14.1. The second-order valence-electron chi connectivity index (χ2n) is 3.81. The van der Waals surface area contributed by atoms with Gasteiger partial charge in [0.15, 0.2) is 0 Å². The highest BCUT2D eigenvalue weighted by atomic mass is 35.5. The van der Waals surface area contributed by atoms with Crippen LogP contribution < -0.4 is 5.43 Å². The molecule has 0 bridgehead atoms. The number of carbonyl (C=O) groups excluding carboxylic acids is 1. The number of hydrogen-bond donors (Lipinski definition) is 1. The Labute approximate surface area is 118 Å². The van der Waals surface area contributed by atoms with Crippen LogP contribution in [0.15, 0.2) is 47.6 Å². The molecule has 0 radical (unpaired) electrons. The lowest BCUT2D eigenvalue weighted by molar-refractivity contribution is 0.0955. The molecule has 1 amide bonds. The molecule has 0 aliphatic rings. The Kier molecular flexibility index (Phi) is 4.42. The average molecular weight is 295 g/mol. The SMILES string of the molecule is O=C(N/N=C/c1c(F)cccc1F)c1ccccc1Cl. The number of benzene rings is 2. The van der Waals surface area contributed by atoms with Crippen molar-refractivity contribution in [3.8, 4) is 0 Å². The first-order valence-electron chi connectivity index (χ1n) is 5.61. The fraction of sp³-hybridized carbons (Fsp3) is 0. The van der Waals surface area contributed by atoms with Gasteiger partial charge in [-0.1, -0.05) is 29.8 Å². The number of hydrogen-bond acceptors (Lipinski definition) is 2. The van der Waals surface area contributed by atoms with E-state index in [0.717, 1.165) is 18.3 Å². The number of amides is 1. The van der Waals surface area contributed by atoms with Gasteiger partial charge in [-0.2, -0.15) is 5.10 Å². The van der Waals surface area contributed by atoms with Gasteiger partial charge in [0, 0.05) is 0 Å². The highest BCUT2D eigenvalue weighted by Gasteiger charge is 2.09. The van der Waals surface area contributed by atoms with E-state index in [1.165, 1.54) is 12.1 Å². The smallest absolute Gasteiger partial charge is 0.267 e. The van der Waals surface area contributed by atoms with Gasteiger partial charge in [-0.3, -0.25) is 4.79 Å². The molecule has 0 spiro atoms. The van der Waals surface area contributed by atoms with Crippen LogP contribution in [0.25, 0.3) is 0 Å². The average Bonchev–Trinajstić information content (AvgIpc) is 2.42. The van der Waals surface area contributed by atoms with Gasteiger partial charge < -0.3 is 0 Å². The first-order valence-corrected chi connectivity index (χ1v) is 5.99. The number of halogens is 3. The van der Waals surface area contributed by atoms with Crippen LogP contribution in [0.5, 0.6) is 0 Å². The molecule has 0 aliphatic heterocycles. The lowest BCUT2D eigenvalue weighted by Gasteiger charge is -2.02. The maximum Gasteiger partial charge on any atom is 0.272 e. The molecule has 3 nitrogen and oxygen atoms in total. The lowest BCUT2D eigenvalue weighted by atomic mass is 10.2. The van der Waals surface area contributed by atoms with Gasteiger partial charge in [-0.05, 0) is 24.3 Å². The van der Waals surface area contributed by atoms with E-state index in [1.807, 2.05) is 0 Å². The van der Waals surface area contributed by atoms with Crippen molar-refractivity contribution in [2.75, 3.05) is 0 Å². The molecule has 0 aromatic heterocycles. The van der Waals surface area contributed by atoms with Crippen molar-refractivity contribution >= 4 is 23.7 Å². The Balaban J connectivity index is 2.11. The third-order valence-corrected chi connectivity index (χ3v) is 2.81. The van der Waals surface area contributed by atoms with Gasteiger partial charge in [0.25, 0.3) is 5.91 Å². The van der Waals surface area contributed by atoms with E-state index in [9.17, 15) is 13.6 Å². The Morgan fingerprint density at radius 3 is 2.40 bits per heavy atom. The van der Waals surface area contributed by atoms with Gasteiger partial charge in [0.1, 0.15) is 11.6 Å². The first-order chi connectivity index (χ1) is 9.59. The minimum absolute atomic E-state index is 0.223. The summed E-state index contributed by atoms with van der Waals surface area (Å²) in [5.74, 6) is -2.09. The van der Waals surface area contributed by atoms with E-state index in [1.54, 1.807) is 18.2 Å². The summed E-state index contributed by atoms with van der Waals surface area (Å²) in [4.78, 5) is 11.7. The number of carbonyl (C=O) groups is 1. The van der Waals surface area contributed by atoms with Crippen LogP contribution >= 0.6 is 11.6 Å². The summed E-state index contributed by atoms with van der Waals surface area (Å²) in [5.41, 5.74) is 2.05. The summed E-state index contributed by atoms with van der Waals surface area (Å²) in [7, 11) is 0. The van der Waals surface area contributed by atoms with Crippen molar-refractivity contribution in [2.45, 2.75) is 0 Å². The standard InChI is InChI=1S/C14H9ClF2N2O/c15-11-5-2-1-4-9(11)14(20)19-18-8-10-12(16)6-3-7-13(10)17/h1-8H,(H,19,20)/b18-8+. The van der Waals surface area contributed by atoms with Gasteiger partial charge >= 0.3 is 0 Å². The molecule has 2 rings (SSSR count). The molecule has 0 aliphatic carbocycles. The van der Waals surface area contributed by atoms with Crippen molar-refractivity contribution in [1.29, 1.82) is 0 Å². The third kappa shape index (κ3) is 3.19. The quantitative estimate of drug-likeness (QED) is 0.684. The van der Waals surface area contributed by atoms with E-state index in [4.69, 9.17) is 11.6 Å². The van der Waals surface area contributed by atoms with E-state index in [0.29, 0.717) is 0 Å². The van der Waals surface area contributed by atoms with Crippen molar-refractivity contribution in [3.05, 3.63) is 70.2 Å². The molecule has 0 unspecified atom stereocenters. The van der Waals surface area contributed by atoms with Gasteiger partial charge in [-0.25, -0.2) is 14.2 Å². The van der Waals surface area contributed by atoms with E-state index < -0.39 is 17.5 Å². The summed E-state index contributed by atoms with van der Waals surface area (Å²) in [6.07, 6.45) is 0.902. The summed E-state index contributed by atoms with van der Waals surface area (Å²) < 4.78 is 26.6. The van der Waals surface area contributed by atoms with Crippen LogP contribution in [0.2, 0.25) is 5.02 Å². The Bertz CT molecular complexity index is 654. The zero-order chi connectivity index (χ0) is 14.5. The largest absolute Gasteiger partial charge is 0.272 e. The second-order valence-corrected chi connectivity index (χ2v) is 4.22. The highest BCUT2D eigenvalue weighted by Crippen LogP contribution is 2.14. The second kappa shape index (κ2) is 6.25. The maximum atomic E-state index is 13.3. The Morgan fingerprint density at radius 1 is 1.10 bits per heavy atom. The van der Waals surface area contributed by atoms with Crippen LogP contribution in [0, 0.1) is 11.6 Å². The minimum Gasteiger partial charge on any atom is -0.267 e. The number of nitrogens with one attached hydrogen (secondary N) is 1. The lowest BCUT2D eigenvalue weighted by Crippen LogP contribution is -2.18. The molecular weight excluding hydrogens is 286 g/mol. The van der Waals surface area contributed by atoms with Gasteiger partial charge in [0.2, 0.25) is 0 Å². The zero-order valence-electron chi connectivity index (χ0n) is 10.1. The monoisotopic (exact) mass is 294 g/mol. The molecule has 2 aromatic carbocycles. The van der Waals surface area contributed by atoms with E-state index in [2.05, 4.69) is 10.5 Å². The molecule has 102 valence electrons. The highest BCUT2D eigenvalue weighted by molar-refractivity contribution is 6.33. The van der Waals surface area contributed by atoms with Crippen molar-refractivity contribution in [2.24, 2.45) is 5.10 Å². The maximum absolute atomic E-state index is 13.3. The van der Waals surface area contributed by atoms with Gasteiger partial charge in [0.05, 0.1) is 22.4 Å². The molecule has 0 heterocycles.